The standard InChI is InChI=1S/C18H32N4OS/c1-18(2,3)15-13-24-16(21-15)8-9-20-17(19-4)22(5)10-11-23-12-14-6-7-14/h13-14H,6-12H2,1-5H3,(H,19,20). The largest absolute Gasteiger partial charge is 0.379 e. The number of aliphatic imine (C=N–C) groups is 1. The molecule has 1 aromatic heterocycles. The van der Waals surface area contributed by atoms with Crippen LogP contribution in [0.4, 0.5) is 0 Å². The smallest absolute Gasteiger partial charge is 0.193 e. The van der Waals surface area contributed by atoms with Gasteiger partial charge in [-0.2, -0.15) is 0 Å². The number of nitrogens with zero attached hydrogens (tertiary/aromatic N) is 3. The molecular weight excluding hydrogens is 320 g/mol. The van der Waals surface area contributed by atoms with Gasteiger partial charge in [0.15, 0.2) is 5.96 Å². The van der Waals surface area contributed by atoms with Gasteiger partial charge in [0.1, 0.15) is 0 Å². The lowest BCUT2D eigenvalue weighted by molar-refractivity contribution is 0.115. The molecule has 0 radical (unpaired) electrons. The van der Waals surface area contributed by atoms with Gasteiger partial charge in [-0.05, 0) is 18.8 Å². The molecule has 6 heteroatoms. The van der Waals surface area contributed by atoms with Gasteiger partial charge in [-0.15, -0.1) is 11.3 Å². The van der Waals surface area contributed by atoms with Gasteiger partial charge in [0, 0.05) is 51.0 Å². The van der Waals surface area contributed by atoms with Crippen LogP contribution in [0.1, 0.15) is 44.3 Å². The van der Waals surface area contributed by atoms with Gasteiger partial charge in [-0.25, -0.2) is 4.98 Å². The third kappa shape index (κ3) is 6.40. The third-order valence-electron chi connectivity index (χ3n) is 4.14. The van der Waals surface area contributed by atoms with E-state index in [0.29, 0.717) is 0 Å². The predicted molar refractivity (Wildman–Crippen MR) is 102 cm³/mol. The minimum Gasteiger partial charge on any atom is -0.379 e. The van der Waals surface area contributed by atoms with Crippen LogP contribution in [0.3, 0.4) is 0 Å². The zero-order valence-electron chi connectivity index (χ0n) is 15.8. The van der Waals surface area contributed by atoms with E-state index < -0.39 is 0 Å². The molecule has 0 amide bonds. The summed E-state index contributed by atoms with van der Waals surface area (Å²) in [6.45, 7) is 9.98. The average Bonchev–Trinajstić information content (AvgIpc) is 3.22. The Morgan fingerprint density at radius 1 is 1.46 bits per heavy atom. The monoisotopic (exact) mass is 352 g/mol. The summed E-state index contributed by atoms with van der Waals surface area (Å²) in [5, 5.41) is 6.77. The van der Waals surface area contributed by atoms with E-state index in [0.717, 1.165) is 44.6 Å². The van der Waals surface area contributed by atoms with E-state index in [1.807, 2.05) is 7.05 Å². The molecule has 1 heterocycles. The van der Waals surface area contributed by atoms with Crippen molar-refractivity contribution in [1.29, 1.82) is 0 Å². The molecule has 1 aliphatic carbocycles. The highest BCUT2D eigenvalue weighted by Crippen LogP contribution is 2.28. The van der Waals surface area contributed by atoms with E-state index in [1.165, 1.54) is 23.5 Å². The zero-order valence-corrected chi connectivity index (χ0v) is 16.6. The van der Waals surface area contributed by atoms with Crippen molar-refractivity contribution in [2.24, 2.45) is 10.9 Å². The Morgan fingerprint density at radius 3 is 2.79 bits per heavy atom. The van der Waals surface area contributed by atoms with Gasteiger partial charge < -0.3 is 15.0 Å². The number of thiazole rings is 1. The summed E-state index contributed by atoms with van der Waals surface area (Å²) in [6.07, 6.45) is 3.60. The first-order valence-electron chi connectivity index (χ1n) is 8.84. The van der Waals surface area contributed by atoms with Crippen molar-refractivity contribution < 1.29 is 4.74 Å². The summed E-state index contributed by atoms with van der Waals surface area (Å²) in [7, 11) is 3.88. The second-order valence-corrected chi connectivity index (χ2v) is 8.48. The number of aromatic nitrogens is 1. The van der Waals surface area contributed by atoms with Crippen LogP contribution in [0.25, 0.3) is 0 Å². The maximum absolute atomic E-state index is 5.70. The first-order valence-corrected chi connectivity index (χ1v) is 9.72. The fourth-order valence-corrected chi connectivity index (χ4v) is 3.30. The molecule has 0 atom stereocenters. The number of rotatable bonds is 8. The zero-order chi connectivity index (χ0) is 17.6. The topological polar surface area (TPSA) is 49.8 Å². The Hall–Kier alpha value is -1.14. The third-order valence-corrected chi connectivity index (χ3v) is 5.05. The average molecular weight is 353 g/mol. The molecule has 1 fully saturated rings. The van der Waals surface area contributed by atoms with Gasteiger partial charge in [0.25, 0.3) is 0 Å². The van der Waals surface area contributed by atoms with Crippen molar-refractivity contribution in [3.63, 3.8) is 0 Å². The minimum absolute atomic E-state index is 0.124. The van der Waals surface area contributed by atoms with Gasteiger partial charge in [0.2, 0.25) is 0 Å². The Morgan fingerprint density at radius 2 is 2.21 bits per heavy atom. The van der Waals surface area contributed by atoms with Crippen molar-refractivity contribution in [1.82, 2.24) is 15.2 Å². The molecule has 24 heavy (non-hydrogen) atoms. The molecule has 1 saturated carbocycles. The highest BCUT2D eigenvalue weighted by atomic mass is 32.1. The molecule has 1 aromatic rings. The van der Waals surface area contributed by atoms with Crippen LogP contribution in [0.5, 0.6) is 0 Å². The summed E-state index contributed by atoms with van der Waals surface area (Å²) >= 11 is 1.74. The quantitative estimate of drug-likeness (QED) is 0.444. The summed E-state index contributed by atoms with van der Waals surface area (Å²) in [5.41, 5.74) is 1.30. The van der Waals surface area contributed by atoms with E-state index in [4.69, 9.17) is 9.72 Å². The Balaban J connectivity index is 1.67. The number of ether oxygens (including phenoxy) is 1. The molecule has 1 N–H and O–H groups in total. The van der Waals surface area contributed by atoms with Crippen LogP contribution in [0, 0.1) is 5.92 Å². The molecule has 1 aliphatic rings. The molecule has 0 bridgehead atoms. The van der Waals surface area contributed by atoms with Crippen LogP contribution in [0.15, 0.2) is 10.4 Å². The van der Waals surface area contributed by atoms with Crippen molar-refractivity contribution >= 4 is 17.3 Å². The Labute approximate surface area is 150 Å². The number of likely N-dealkylation sites (N-methyl/N-ethyl adjacent to an activating group) is 1. The predicted octanol–water partition coefficient (Wildman–Crippen LogP) is 2.92. The summed E-state index contributed by atoms with van der Waals surface area (Å²) < 4.78 is 5.70. The van der Waals surface area contributed by atoms with E-state index >= 15 is 0 Å². The molecule has 136 valence electrons. The van der Waals surface area contributed by atoms with Crippen molar-refractivity contribution in [2.75, 3.05) is 40.4 Å². The fraction of sp³-hybridized carbons (Fsp3) is 0.778. The molecule has 0 aliphatic heterocycles. The molecule has 0 saturated heterocycles. The van der Waals surface area contributed by atoms with Gasteiger partial charge >= 0.3 is 0 Å². The summed E-state index contributed by atoms with van der Waals surface area (Å²) in [5.74, 6) is 1.74. The fourth-order valence-electron chi connectivity index (χ4n) is 2.28. The lowest BCUT2D eigenvalue weighted by atomic mass is 9.93. The summed E-state index contributed by atoms with van der Waals surface area (Å²) in [6, 6.07) is 0. The van der Waals surface area contributed by atoms with Crippen molar-refractivity contribution in [2.45, 2.75) is 45.4 Å². The highest BCUT2D eigenvalue weighted by Gasteiger charge is 2.21. The molecule has 0 unspecified atom stereocenters. The van der Waals surface area contributed by atoms with Crippen LogP contribution < -0.4 is 5.32 Å². The first kappa shape index (κ1) is 19.2. The number of nitrogens with one attached hydrogen (secondary N) is 1. The van der Waals surface area contributed by atoms with E-state index in [-0.39, 0.29) is 5.41 Å². The minimum atomic E-state index is 0.124. The maximum Gasteiger partial charge on any atom is 0.193 e. The molecule has 0 spiro atoms. The molecular formula is C18H32N4OS. The second kappa shape index (κ2) is 8.81. The van der Waals surface area contributed by atoms with Gasteiger partial charge in [-0.3, -0.25) is 4.99 Å². The van der Waals surface area contributed by atoms with Crippen LogP contribution in [-0.2, 0) is 16.6 Å². The maximum atomic E-state index is 5.70. The normalized spacial score (nSPS) is 15.6. The van der Waals surface area contributed by atoms with E-state index in [2.05, 4.69) is 48.4 Å². The van der Waals surface area contributed by atoms with E-state index in [9.17, 15) is 0 Å². The van der Waals surface area contributed by atoms with Crippen LogP contribution >= 0.6 is 11.3 Å². The van der Waals surface area contributed by atoms with Crippen molar-refractivity contribution in [3.05, 3.63) is 16.1 Å². The Bertz CT molecular complexity index is 531. The lowest BCUT2D eigenvalue weighted by Gasteiger charge is -2.21. The number of hydrogen-bond acceptors (Lipinski definition) is 4. The first-order chi connectivity index (χ1) is 11.4. The van der Waals surface area contributed by atoms with Gasteiger partial charge in [-0.1, -0.05) is 20.8 Å². The molecule has 2 rings (SSSR count). The SMILES string of the molecule is CN=C(NCCc1nc(C(C)(C)C)cs1)N(C)CCOCC1CC1. The lowest BCUT2D eigenvalue weighted by Crippen LogP contribution is -2.41. The van der Waals surface area contributed by atoms with Crippen LogP contribution in [0.2, 0.25) is 0 Å². The molecule has 5 nitrogen and oxygen atoms in total. The highest BCUT2D eigenvalue weighted by molar-refractivity contribution is 7.09. The van der Waals surface area contributed by atoms with Crippen LogP contribution in [-0.4, -0.2) is 56.2 Å². The van der Waals surface area contributed by atoms with Gasteiger partial charge in [0.05, 0.1) is 17.3 Å². The number of hydrogen-bond donors (Lipinski definition) is 1. The summed E-state index contributed by atoms with van der Waals surface area (Å²) in [4.78, 5) is 11.2. The second-order valence-electron chi connectivity index (χ2n) is 7.54. The van der Waals surface area contributed by atoms with Crippen molar-refractivity contribution in [3.8, 4) is 0 Å². The Kier molecular flexibility index (Phi) is 7.04. The molecule has 0 aromatic carbocycles. The van der Waals surface area contributed by atoms with E-state index in [1.54, 1.807) is 11.3 Å². The number of guanidine groups is 1.